The van der Waals surface area contributed by atoms with Gasteiger partial charge in [-0.1, -0.05) is 42.5 Å². The first-order chi connectivity index (χ1) is 13.1. The topological polar surface area (TPSA) is 80.1 Å². The fourth-order valence-electron chi connectivity index (χ4n) is 3.17. The van der Waals surface area contributed by atoms with Gasteiger partial charge in [-0.3, -0.25) is 4.79 Å². The highest BCUT2D eigenvalue weighted by Crippen LogP contribution is 2.17. The van der Waals surface area contributed by atoms with Crippen molar-refractivity contribution in [2.45, 2.75) is 20.0 Å². The lowest BCUT2D eigenvalue weighted by atomic mass is 10.0. The van der Waals surface area contributed by atoms with Crippen molar-refractivity contribution in [2.24, 2.45) is 0 Å². The first-order valence-electron chi connectivity index (χ1n) is 8.76. The summed E-state index contributed by atoms with van der Waals surface area (Å²) < 4.78 is 2.02. The smallest absolute Gasteiger partial charge is 0.315 e. The first-order valence-corrected chi connectivity index (χ1v) is 8.76. The molecule has 2 amide bonds. The molecule has 1 aliphatic rings. The Morgan fingerprint density at radius 3 is 2.56 bits per heavy atom. The fourth-order valence-corrected chi connectivity index (χ4v) is 3.17. The Morgan fingerprint density at radius 2 is 1.74 bits per heavy atom. The molecule has 0 spiro atoms. The Kier molecular flexibility index (Phi) is 4.42. The maximum atomic E-state index is 12.6. The summed E-state index contributed by atoms with van der Waals surface area (Å²) in [4.78, 5) is 26.9. The molecule has 0 bridgehead atoms. The van der Waals surface area contributed by atoms with Crippen molar-refractivity contribution >= 4 is 17.5 Å². The number of fused-ring (bicyclic) bond motifs is 1. The number of carbonyl (C=O) groups excluding carboxylic acids is 2. The number of amides is 2. The molecule has 2 heterocycles. The Balaban J connectivity index is 1.47. The third-order valence-electron chi connectivity index (χ3n) is 4.64. The van der Waals surface area contributed by atoms with E-state index in [1.165, 1.54) is 0 Å². The number of anilines is 1. The molecule has 0 aliphatic carbocycles. The summed E-state index contributed by atoms with van der Waals surface area (Å²) in [5, 5.41) is 11.0. The molecular formula is C20H19N5O2. The van der Waals surface area contributed by atoms with E-state index in [1.807, 2.05) is 29.7 Å². The van der Waals surface area contributed by atoms with Crippen molar-refractivity contribution in [1.29, 1.82) is 0 Å². The monoisotopic (exact) mass is 361 g/mol. The molecule has 7 heteroatoms. The Morgan fingerprint density at radius 1 is 0.963 bits per heavy atom. The molecule has 0 atom stereocenters. The molecule has 0 saturated heterocycles. The van der Waals surface area contributed by atoms with Crippen molar-refractivity contribution in [3.63, 3.8) is 0 Å². The largest absolute Gasteiger partial charge is 0.322 e. The van der Waals surface area contributed by atoms with Crippen LogP contribution in [-0.4, -0.2) is 38.0 Å². The van der Waals surface area contributed by atoms with E-state index < -0.39 is 0 Å². The Labute approximate surface area is 156 Å². The zero-order valence-corrected chi connectivity index (χ0v) is 14.9. The second-order valence-electron chi connectivity index (χ2n) is 6.44. The van der Waals surface area contributed by atoms with Crippen LogP contribution in [0.3, 0.4) is 0 Å². The third kappa shape index (κ3) is 3.44. The van der Waals surface area contributed by atoms with Gasteiger partial charge in [-0.05, 0) is 19.1 Å². The molecule has 1 aromatic heterocycles. The molecule has 7 nitrogen and oxygen atoms in total. The second-order valence-corrected chi connectivity index (χ2v) is 6.44. The van der Waals surface area contributed by atoms with E-state index in [0.29, 0.717) is 36.4 Å². The molecule has 4 rings (SSSR count). The molecular weight excluding hydrogens is 342 g/mol. The summed E-state index contributed by atoms with van der Waals surface area (Å²) >= 11 is 0. The Bertz CT molecular complexity index is 997. The minimum Gasteiger partial charge on any atom is -0.315 e. The summed E-state index contributed by atoms with van der Waals surface area (Å²) in [7, 11) is 0. The van der Waals surface area contributed by atoms with E-state index in [0.717, 1.165) is 11.6 Å². The number of carbonyl (C=O) groups is 2. The highest BCUT2D eigenvalue weighted by molar-refractivity contribution is 6.09. The van der Waals surface area contributed by atoms with E-state index in [4.69, 9.17) is 0 Å². The second kappa shape index (κ2) is 7.03. The van der Waals surface area contributed by atoms with Crippen LogP contribution in [0, 0.1) is 6.92 Å². The number of ketones is 1. The highest BCUT2D eigenvalue weighted by Gasteiger charge is 2.23. The number of aromatic nitrogens is 3. The van der Waals surface area contributed by atoms with Gasteiger partial charge in [-0.15, -0.1) is 10.2 Å². The minimum absolute atomic E-state index is 0.0757. The summed E-state index contributed by atoms with van der Waals surface area (Å²) in [6, 6.07) is 15.9. The van der Waals surface area contributed by atoms with Crippen LogP contribution in [0.15, 0.2) is 54.6 Å². The summed E-state index contributed by atoms with van der Waals surface area (Å²) in [5.74, 6) is 1.56. The molecule has 0 radical (unpaired) electrons. The van der Waals surface area contributed by atoms with Crippen LogP contribution in [0.2, 0.25) is 0 Å². The predicted molar refractivity (Wildman–Crippen MR) is 101 cm³/mol. The summed E-state index contributed by atoms with van der Waals surface area (Å²) in [6.07, 6.45) is 0. The van der Waals surface area contributed by atoms with Crippen LogP contribution < -0.4 is 5.32 Å². The molecule has 0 saturated carbocycles. The number of hydrogen-bond acceptors (Lipinski definition) is 4. The fraction of sp³-hybridized carbons (Fsp3) is 0.200. The molecule has 0 fully saturated rings. The van der Waals surface area contributed by atoms with Gasteiger partial charge >= 0.3 is 6.03 Å². The molecule has 136 valence electrons. The first kappa shape index (κ1) is 17.0. The zero-order valence-electron chi connectivity index (χ0n) is 14.9. The zero-order chi connectivity index (χ0) is 18.8. The van der Waals surface area contributed by atoms with E-state index in [-0.39, 0.29) is 11.8 Å². The SMILES string of the molecule is Cc1nnc2n1CCN(C(=O)Nc1cccc(C(=O)c3ccccc3)c1)C2. The number of aryl methyl sites for hydroxylation is 1. The van der Waals surface area contributed by atoms with Crippen molar-refractivity contribution in [3.8, 4) is 0 Å². The number of nitrogens with one attached hydrogen (secondary N) is 1. The normalized spacial score (nSPS) is 13.1. The van der Waals surface area contributed by atoms with Crippen molar-refractivity contribution in [2.75, 3.05) is 11.9 Å². The van der Waals surface area contributed by atoms with Crippen molar-refractivity contribution in [3.05, 3.63) is 77.4 Å². The Hall–Kier alpha value is -3.48. The number of hydrogen-bond donors (Lipinski definition) is 1. The van der Waals surface area contributed by atoms with Gasteiger partial charge in [-0.2, -0.15) is 0 Å². The molecule has 1 N–H and O–H groups in total. The van der Waals surface area contributed by atoms with Crippen LogP contribution in [0.1, 0.15) is 27.6 Å². The van der Waals surface area contributed by atoms with E-state index in [1.54, 1.807) is 41.3 Å². The van der Waals surface area contributed by atoms with E-state index in [2.05, 4.69) is 15.5 Å². The van der Waals surface area contributed by atoms with E-state index >= 15 is 0 Å². The van der Waals surface area contributed by atoms with Crippen LogP contribution >= 0.6 is 0 Å². The van der Waals surface area contributed by atoms with Crippen LogP contribution in [-0.2, 0) is 13.1 Å². The number of benzene rings is 2. The quantitative estimate of drug-likeness (QED) is 0.728. The third-order valence-corrected chi connectivity index (χ3v) is 4.64. The molecule has 3 aromatic rings. The standard InChI is InChI=1S/C20H19N5O2/c1-14-22-23-18-13-24(10-11-25(14)18)20(27)21-17-9-5-8-16(12-17)19(26)15-6-3-2-4-7-15/h2-9,12H,10-11,13H2,1H3,(H,21,27). The number of nitrogens with zero attached hydrogens (tertiary/aromatic N) is 4. The minimum atomic E-state index is -0.216. The van der Waals surface area contributed by atoms with Gasteiger partial charge in [0.25, 0.3) is 0 Å². The lowest BCUT2D eigenvalue weighted by Crippen LogP contribution is -2.41. The van der Waals surface area contributed by atoms with Crippen LogP contribution in [0.5, 0.6) is 0 Å². The maximum Gasteiger partial charge on any atom is 0.322 e. The van der Waals surface area contributed by atoms with Gasteiger partial charge in [-0.25, -0.2) is 4.79 Å². The lowest BCUT2D eigenvalue weighted by molar-refractivity contribution is 0.103. The molecule has 27 heavy (non-hydrogen) atoms. The average Bonchev–Trinajstić information content (AvgIpc) is 3.08. The van der Waals surface area contributed by atoms with Gasteiger partial charge in [0.05, 0.1) is 6.54 Å². The van der Waals surface area contributed by atoms with Gasteiger partial charge in [0, 0.05) is 29.9 Å². The van der Waals surface area contributed by atoms with Gasteiger partial charge in [0.1, 0.15) is 5.82 Å². The molecule has 0 unspecified atom stereocenters. The van der Waals surface area contributed by atoms with Gasteiger partial charge in [0.2, 0.25) is 0 Å². The molecule has 2 aromatic carbocycles. The summed E-state index contributed by atoms with van der Waals surface area (Å²) in [5.41, 5.74) is 1.74. The highest BCUT2D eigenvalue weighted by atomic mass is 16.2. The van der Waals surface area contributed by atoms with Crippen molar-refractivity contribution < 1.29 is 9.59 Å². The number of urea groups is 1. The predicted octanol–water partition coefficient (Wildman–Crippen LogP) is 2.87. The summed E-state index contributed by atoms with van der Waals surface area (Å²) in [6.45, 7) is 3.57. The van der Waals surface area contributed by atoms with Gasteiger partial charge < -0.3 is 14.8 Å². The molecule has 1 aliphatic heterocycles. The van der Waals surface area contributed by atoms with Gasteiger partial charge in [0.15, 0.2) is 11.6 Å². The maximum absolute atomic E-state index is 12.6. The average molecular weight is 361 g/mol. The van der Waals surface area contributed by atoms with Crippen molar-refractivity contribution in [1.82, 2.24) is 19.7 Å². The van der Waals surface area contributed by atoms with Crippen LogP contribution in [0.4, 0.5) is 10.5 Å². The van der Waals surface area contributed by atoms with E-state index in [9.17, 15) is 9.59 Å². The van der Waals surface area contributed by atoms with Crippen LogP contribution in [0.25, 0.3) is 0 Å². The lowest BCUT2D eigenvalue weighted by Gasteiger charge is -2.27. The number of rotatable bonds is 3.